The normalized spacial score (nSPS) is 13.4. The van der Waals surface area contributed by atoms with E-state index in [9.17, 15) is 14.4 Å². The van der Waals surface area contributed by atoms with Crippen LogP contribution in [0.25, 0.3) is 0 Å². The molecule has 0 fully saturated rings. The van der Waals surface area contributed by atoms with Crippen molar-refractivity contribution in [3.8, 4) is 0 Å². The van der Waals surface area contributed by atoms with Gasteiger partial charge in [0.1, 0.15) is 13.2 Å². The van der Waals surface area contributed by atoms with Crippen LogP contribution < -0.4 is 0 Å². The molecule has 0 rings (SSSR count). The number of esters is 3. The van der Waals surface area contributed by atoms with E-state index in [4.69, 9.17) is 14.2 Å². The molecule has 0 aliphatic heterocycles. The second-order valence-corrected chi connectivity index (χ2v) is 20.2. The van der Waals surface area contributed by atoms with E-state index in [-0.39, 0.29) is 37.5 Å². The van der Waals surface area contributed by atoms with Gasteiger partial charge in [-0.25, -0.2) is 0 Å². The van der Waals surface area contributed by atoms with Crippen molar-refractivity contribution < 1.29 is 28.6 Å². The van der Waals surface area contributed by atoms with Crippen LogP contribution in [-0.4, -0.2) is 37.2 Å². The Labute approximate surface area is 491 Å². The van der Waals surface area contributed by atoms with E-state index in [0.29, 0.717) is 19.3 Å². The summed E-state index contributed by atoms with van der Waals surface area (Å²) >= 11 is 0. The van der Waals surface area contributed by atoms with Gasteiger partial charge in [0.2, 0.25) is 0 Å². The lowest BCUT2D eigenvalue weighted by Crippen LogP contribution is -2.30. The van der Waals surface area contributed by atoms with Gasteiger partial charge in [0.15, 0.2) is 6.10 Å². The summed E-state index contributed by atoms with van der Waals surface area (Å²) in [7, 11) is 0. The maximum Gasteiger partial charge on any atom is 0.306 e. The molecule has 0 aromatic carbocycles. The molecule has 0 radical (unpaired) electrons. The predicted octanol–water partition coefficient (Wildman–Crippen LogP) is 22.0. The lowest BCUT2D eigenvalue weighted by atomic mass is 10.1. The van der Waals surface area contributed by atoms with Crippen LogP contribution in [0.2, 0.25) is 0 Å². The fraction of sp³-hybridized carbons (Fsp3) is 0.554. The highest BCUT2D eigenvalue weighted by Crippen LogP contribution is 2.13. The molecule has 0 saturated heterocycles. The second kappa shape index (κ2) is 66.0. The summed E-state index contributed by atoms with van der Waals surface area (Å²) in [6.07, 6.45) is 99.0. The number of hydrogen-bond donors (Lipinski definition) is 0. The van der Waals surface area contributed by atoms with Gasteiger partial charge in [-0.2, -0.15) is 0 Å². The molecule has 0 saturated carbocycles. The van der Waals surface area contributed by atoms with E-state index in [1.165, 1.54) is 12.8 Å². The van der Waals surface area contributed by atoms with E-state index in [1.54, 1.807) is 0 Å². The Morgan fingerprint density at radius 1 is 0.263 bits per heavy atom. The van der Waals surface area contributed by atoms with Gasteiger partial charge in [-0.15, -0.1) is 0 Å². The van der Waals surface area contributed by atoms with Crippen molar-refractivity contribution in [1.29, 1.82) is 0 Å². The Morgan fingerprint density at radius 3 is 0.787 bits per heavy atom. The van der Waals surface area contributed by atoms with Crippen molar-refractivity contribution in [2.45, 2.75) is 252 Å². The summed E-state index contributed by atoms with van der Waals surface area (Å²) in [5, 5.41) is 0. The molecule has 0 amide bonds. The average Bonchev–Trinajstić information content (AvgIpc) is 3.46. The lowest BCUT2D eigenvalue weighted by molar-refractivity contribution is -0.167. The molecule has 446 valence electrons. The Balaban J connectivity index is 4.43. The van der Waals surface area contributed by atoms with Crippen molar-refractivity contribution in [3.63, 3.8) is 0 Å². The number of ether oxygens (including phenoxy) is 3. The van der Waals surface area contributed by atoms with Crippen molar-refractivity contribution in [2.24, 2.45) is 0 Å². The third-order valence-corrected chi connectivity index (χ3v) is 12.6. The largest absolute Gasteiger partial charge is 0.462 e. The van der Waals surface area contributed by atoms with Gasteiger partial charge in [0, 0.05) is 19.3 Å². The predicted molar refractivity (Wildman–Crippen MR) is 348 cm³/mol. The molecule has 0 spiro atoms. The van der Waals surface area contributed by atoms with Gasteiger partial charge < -0.3 is 14.2 Å². The molecule has 0 aliphatic carbocycles. The maximum absolute atomic E-state index is 12.9. The van der Waals surface area contributed by atoms with E-state index >= 15 is 0 Å². The fourth-order valence-electron chi connectivity index (χ4n) is 7.93. The van der Waals surface area contributed by atoms with Crippen LogP contribution in [0.1, 0.15) is 245 Å². The first-order valence-electron chi connectivity index (χ1n) is 31.8. The molecule has 0 aromatic heterocycles. The second-order valence-electron chi connectivity index (χ2n) is 20.2. The zero-order valence-corrected chi connectivity index (χ0v) is 51.0. The minimum atomic E-state index is -0.819. The van der Waals surface area contributed by atoms with Crippen LogP contribution >= 0.6 is 0 Å². The molecule has 0 aliphatic rings. The van der Waals surface area contributed by atoms with Crippen molar-refractivity contribution in [1.82, 2.24) is 0 Å². The number of rotatable bonds is 55. The molecule has 0 heterocycles. The number of hydrogen-bond acceptors (Lipinski definition) is 6. The van der Waals surface area contributed by atoms with Crippen LogP contribution in [-0.2, 0) is 28.6 Å². The van der Waals surface area contributed by atoms with Crippen LogP contribution in [0.5, 0.6) is 0 Å². The van der Waals surface area contributed by atoms with Gasteiger partial charge in [0.05, 0.1) is 0 Å². The van der Waals surface area contributed by atoms with Gasteiger partial charge in [-0.05, 0) is 154 Å². The highest BCUT2D eigenvalue weighted by atomic mass is 16.6. The molecule has 6 heteroatoms. The molecular formula is C74H114O6. The Morgan fingerprint density at radius 2 is 0.487 bits per heavy atom. The zero-order valence-electron chi connectivity index (χ0n) is 51.0. The number of carbonyl (C=O) groups is 3. The van der Waals surface area contributed by atoms with E-state index in [0.717, 1.165) is 186 Å². The summed E-state index contributed by atoms with van der Waals surface area (Å²) in [4.78, 5) is 38.2. The summed E-state index contributed by atoms with van der Waals surface area (Å²) in [5.74, 6) is -0.984. The summed E-state index contributed by atoms with van der Waals surface area (Å²) in [6, 6.07) is 0. The number of allylic oxidation sites excluding steroid dienone is 30. The zero-order chi connectivity index (χ0) is 57.8. The molecule has 1 atom stereocenters. The standard InChI is InChI=1S/C74H114O6/c1-4-7-10-13-16-19-22-24-26-28-30-32-34-36-37-39-40-42-44-46-48-50-52-55-58-61-64-67-73(76)79-70-71(69-78-72(75)66-63-60-57-54-21-18-15-12-9-6-3)80-74(77)68-65-62-59-56-53-51-49-47-45-43-41-38-35-33-31-29-27-25-23-20-17-14-11-8-5-2/h7-8,10-12,15-17,19-20,24-27,30-33,36-38,40-42,45-48,51,53,71H,4-6,9,13-14,18,21-23,28-29,34-35,39,43-44,49-50,52,54-70H2,1-3H3/b10-7-,11-8-,15-12-,19-16-,20-17-,26-24-,27-25-,32-30-,33-31-,37-36-,41-38-,42-40-,47-45-,48-46-,53-51-. The minimum absolute atomic E-state index is 0.112. The molecule has 0 bridgehead atoms. The Bertz CT molecular complexity index is 1890. The maximum atomic E-state index is 12.9. The topological polar surface area (TPSA) is 78.9 Å². The Hall–Kier alpha value is -5.49. The summed E-state index contributed by atoms with van der Waals surface area (Å²) in [6.45, 7) is 6.28. The Kier molecular flexibility index (Phi) is 61.5. The number of carbonyl (C=O) groups excluding carboxylic acids is 3. The van der Waals surface area contributed by atoms with Crippen LogP contribution in [0.15, 0.2) is 182 Å². The fourth-order valence-corrected chi connectivity index (χ4v) is 7.93. The first kappa shape index (κ1) is 74.5. The van der Waals surface area contributed by atoms with Crippen LogP contribution in [0.4, 0.5) is 0 Å². The summed E-state index contributed by atoms with van der Waals surface area (Å²) in [5.41, 5.74) is 0. The third-order valence-electron chi connectivity index (χ3n) is 12.6. The molecular weight excluding hydrogens is 985 g/mol. The minimum Gasteiger partial charge on any atom is -0.462 e. The smallest absolute Gasteiger partial charge is 0.306 e. The van der Waals surface area contributed by atoms with E-state index < -0.39 is 6.10 Å². The van der Waals surface area contributed by atoms with Crippen molar-refractivity contribution in [3.05, 3.63) is 182 Å². The molecule has 0 aromatic rings. The third kappa shape index (κ3) is 63.3. The number of unbranched alkanes of at least 4 members (excludes halogenated alkanes) is 14. The monoisotopic (exact) mass is 1100 g/mol. The van der Waals surface area contributed by atoms with Crippen molar-refractivity contribution >= 4 is 17.9 Å². The lowest BCUT2D eigenvalue weighted by Gasteiger charge is -2.18. The van der Waals surface area contributed by atoms with Crippen LogP contribution in [0, 0.1) is 0 Å². The molecule has 6 nitrogen and oxygen atoms in total. The average molecular weight is 1100 g/mol. The van der Waals surface area contributed by atoms with E-state index in [2.05, 4.69) is 203 Å². The van der Waals surface area contributed by atoms with Gasteiger partial charge in [0.25, 0.3) is 0 Å². The highest BCUT2D eigenvalue weighted by molar-refractivity contribution is 5.71. The van der Waals surface area contributed by atoms with E-state index in [1.807, 2.05) is 0 Å². The summed E-state index contributed by atoms with van der Waals surface area (Å²) < 4.78 is 16.8. The molecule has 1 unspecified atom stereocenters. The van der Waals surface area contributed by atoms with Crippen LogP contribution in [0.3, 0.4) is 0 Å². The molecule has 0 N–H and O–H groups in total. The molecule has 80 heavy (non-hydrogen) atoms. The quantitative estimate of drug-likeness (QED) is 0.0261. The van der Waals surface area contributed by atoms with Gasteiger partial charge >= 0.3 is 17.9 Å². The first-order valence-corrected chi connectivity index (χ1v) is 31.8. The SMILES string of the molecule is CC/C=C\C/C=C\C/C=C\C/C=C\C/C=C\C/C=C\C/C=C\CCCCCCCC(=O)OCC(COC(=O)CCCCCCC/C=C\CCC)OC(=O)CCCCC/C=C\C/C=C\C/C=C\C/C=C\C/C=C\C/C=C\C/C=C\CC. The van der Waals surface area contributed by atoms with Crippen molar-refractivity contribution in [2.75, 3.05) is 13.2 Å². The van der Waals surface area contributed by atoms with Gasteiger partial charge in [-0.3, -0.25) is 14.4 Å². The first-order chi connectivity index (χ1) is 39.5. The highest BCUT2D eigenvalue weighted by Gasteiger charge is 2.19. The van der Waals surface area contributed by atoms with Gasteiger partial charge in [-0.1, -0.05) is 254 Å².